The molecule has 5 heteroatoms. The highest BCUT2D eigenvalue weighted by atomic mass is 16.5. The summed E-state index contributed by atoms with van der Waals surface area (Å²) in [5.41, 5.74) is 1.16. The van der Waals surface area contributed by atoms with Crippen LogP contribution in [0.5, 0.6) is 0 Å². The van der Waals surface area contributed by atoms with Crippen LogP contribution in [-0.4, -0.2) is 24.6 Å². The fourth-order valence-corrected chi connectivity index (χ4v) is 1.56. The molecule has 1 unspecified atom stereocenters. The van der Waals surface area contributed by atoms with Crippen LogP contribution in [0.4, 0.5) is 4.79 Å². The van der Waals surface area contributed by atoms with Crippen molar-refractivity contribution >= 4 is 12.0 Å². The molecule has 0 spiro atoms. The van der Waals surface area contributed by atoms with E-state index in [9.17, 15) is 9.59 Å². The van der Waals surface area contributed by atoms with Crippen LogP contribution in [0.25, 0.3) is 0 Å². The number of amides is 2. The molecule has 0 aromatic rings. The third kappa shape index (κ3) is 2.49. The lowest BCUT2D eigenvalue weighted by Gasteiger charge is -2.25. The zero-order valence-electron chi connectivity index (χ0n) is 9.22. The van der Waals surface area contributed by atoms with E-state index in [4.69, 9.17) is 4.74 Å². The molecule has 1 rings (SSSR count). The Balaban J connectivity index is 2.97. The highest BCUT2D eigenvalue weighted by molar-refractivity contribution is 5.94. The summed E-state index contributed by atoms with van der Waals surface area (Å²) in [4.78, 5) is 22.8. The maximum atomic E-state index is 11.6. The third-order valence-electron chi connectivity index (χ3n) is 2.22. The third-order valence-corrected chi connectivity index (χ3v) is 2.22. The molecule has 1 aliphatic heterocycles. The smallest absolute Gasteiger partial charge is 0.337 e. The van der Waals surface area contributed by atoms with Crippen LogP contribution in [0.15, 0.2) is 11.3 Å². The van der Waals surface area contributed by atoms with E-state index in [-0.39, 0.29) is 18.0 Å². The normalized spacial score (nSPS) is 20.7. The Bertz CT molecular complexity index is 310. The average Bonchev–Trinajstić information content (AvgIpc) is 2.16. The SMILES string of the molecule is CCOC(=O)C1=C(CC)NC(=O)NC1C. The predicted octanol–water partition coefficient (Wildman–Crippen LogP) is 0.915. The van der Waals surface area contributed by atoms with Gasteiger partial charge in [0, 0.05) is 5.70 Å². The standard InChI is InChI=1S/C10H16N2O3/c1-4-7-8(9(13)15-5-2)6(3)11-10(14)12-7/h6H,4-5H2,1-3H3,(H2,11,12,14). The van der Waals surface area contributed by atoms with Gasteiger partial charge in [-0.3, -0.25) is 0 Å². The molecule has 0 bridgehead atoms. The summed E-state index contributed by atoms with van der Waals surface area (Å²) in [6.45, 7) is 5.73. The van der Waals surface area contributed by atoms with E-state index in [1.165, 1.54) is 0 Å². The van der Waals surface area contributed by atoms with Gasteiger partial charge in [0.15, 0.2) is 0 Å². The zero-order valence-corrected chi connectivity index (χ0v) is 9.22. The van der Waals surface area contributed by atoms with Gasteiger partial charge in [0.05, 0.1) is 18.2 Å². The fraction of sp³-hybridized carbons (Fsp3) is 0.600. The molecule has 15 heavy (non-hydrogen) atoms. The minimum Gasteiger partial charge on any atom is -0.463 e. The average molecular weight is 212 g/mol. The second kappa shape index (κ2) is 4.82. The van der Waals surface area contributed by atoms with Gasteiger partial charge in [-0.15, -0.1) is 0 Å². The number of ether oxygens (including phenoxy) is 1. The Hall–Kier alpha value is -1.52. The number of hydrogen-bond donors (Lipinski definition) is 2. The number of carbonyl (C=O) groups is 2. The number of esters is 1. The molecule has 1 aliphatic rings. The van der Waals surface area contributed by atoms with Crippen molar-refractivity contribution in [1.29, 1.82) is 0 Å². The molecule has 2 N–H and O–H groups in total. The van der Waals surface area contributed by atoms with Gasteiger partial charge in [-0.25, -0.2) is 9.59 Å². The zero-order chi connectivity index (χ0) is 11.4. The van der Waals surface area contributed by atoms with Crippen molar-refractivity contribution in [1.82, 2.24) is 10.6 Å². The van der Waals surface area contributed by atoms with Crippen molar-refractivity contribution in [3.05, 3.63) is 11.3 Å². The van der Waals surface area contributed by atoms with E-state index in [1.54, 1.807) is 13.8 Å². The van der Waals surface area contributed by atoms with Gasteiger partial charge in [0.25, 0.3) is 0 Å². The quantitative estimate of drug-likeness (QED) is 0.683. The molecule has 2 amide bonds. The Kier molecular flexibility index (Phi) is 3.71. The summed E-state index contributed by atoms with van der Waals surface area (Å²) in [6.07, 6.45) is 0.603. The van der Waals surface area contributed by atoms with Crippen LogP contribution in [0, 0.1) is 0 Å². The highest BCUT2D eigenvalue weighted by Crippen LogP contribution is 2.16. The Morgan fingerprint density at radius 1 is 1.47 bits per heavy atom. The summed E-state index contributed by atoms with van der Waals surface area (Å²) < 4.78 is 4.93. The van der Waals surface area contributed by atoms with E-state index in [2.05, 4.69) is 10.6 Å². The van der Waals surface area contributed by atoms with E-state index in [1.807, 2.05) is 6.92 Å². The van der Waals surface area contributed by atoms with Crippen LogP contribution >= 0.6 is 0 Å². The summed E-state index contributed by atoms with van der Waals surface area (Å²) in [5, 5.41) is 5.24. The fourth-order valence-electron chi connectivity index (χ4n) is 1.56. The minimum absolute atomic E-state index is 0.271. The Morgan fingerprint density at radius 3 is 2.67 bits per heavy atom. The molecule has 0 saturated carbocycles. The number of urea groups is 1. The van der Waals surface area contributed by atoms with Crippen molar-refractivity contribution in [2.24, 2.45) is 0 Å². The second-order valence-electron chi connectivity index (χ2n) is 3.29. The monoisotopic (exact) mass is 212 g/mol. The van der Waals surface area contributed by atoms with E-state index >= 15 is 0 Å². The van der Waals surface area contributed by atoms with Crippen LogP contribution in [0.1, 0.15) is 27.2 Å². The number of nitrogens with one attached hydrogen (secondary N) is 2. The van der Waals surface area contributed by atoms with Crippen LogP contribution in [0.2, 0.25) is 0 Å². The van der Waals surface area contributed by atoms with Crippen LogP contribution < -0.4 is 10.6 Å². The Labute approximate surface area is 88.9 Å². The van der Waals surface area contributed by atoms with Gasteiger partial charge >= 0.3 is 12.0 Å². The predicted molar refractivity (Wildman–Crippen MR) is 55.1 cm³/mol. The maximum absolute atomic E-state index is 11.6. The molecule has 5 nitrogen and oxygen atoms in total. The number of carbonyl (C=O) groups excluding carboxylic acids is 2. The summed E-state index contributed by atoms with van der Waals surface area (Å²) in [6, 6.07) is -0.569. The highest BCUT2D eigenvalue weighted by Gasteiger charge is 2.28. The molecule has 0 radical (unpaired) electrons. The first kappa shape index (κ1) is 11.6. The van der Waals surface area contributed by atoms with Gasteiger partial charge in [-0.2, -0.15) is 0 Å². The van der Waals surface area contributed by atoms with Crippen molar-refractivity contribution in [3.8, 4) is 0 Å². The number of rotatable bonds is 3. The molecule has 1 heterocycles. The lowest BCUT2D eigenvalue weighted by atomic mass is 10.0. The molecule has 0 saturated heterocycles. The lowest BCUT2D eigenvalue weighted by molar-refractivity contribution is -0.139. The topological polar surface area (TPSA) is 67.4 Å². The van der Waals surface area contributed by atoms with Gasteiger partial charge in [0.2, 0.25) is 0 Å². The van der Waals surface area contributed by atoms with Gasteiger partial charge < -0.3 is 15.4 Å². The summed E-state index contributed by atoms with van der Waals surface area (Å²) >= 11 is 0. The first-order valence-corrected chi connectivity index (χ1v) is 5.07. The largest absolute Gasteiger partial charge is 0.463 e. The van der Waals surface area contributed by atoms with Gasteiger partial charge in [-0.1, -0.05) is 6.92 Å². The molecular formula is C10H16N2O3. The van der Waals surface area contributed by atoms with Crippen LogP contribution in [0.3, 0.4) is 0 Å². The van der Waals surface area contributed by atoms with Gasteiger partial charge in [-0.05, 0) is 20.3 Å². The van der Waals surface area contributed by atoms with E-state index in [0.29, 0.717) is 24.3 Å². The number of allylic oxidation sites excluding steroid dienone is 1. The molecule has 1 atom stereocenters. The molecule has 0 fully saturated rings. The van der Waals surface area contributed by atoms with Crippen molar-refractivity contribution in [2.75, 3.05) is 6.61 Å². The summed E-state index contributed by atoms with van der Waals surface area (Å²) in [5.74, 6) is -0.366. The molecule has 0 aromatic heterocycles. The van der Waals surface area contributed by atoms with E-state index in [0.717, 1.165) is 0 Å². The van der Waals surface area contributed by atoms with Gasteiger partial charge in [0.1, 0.15) is 0 Å². The molecule has 0 aromatic carbocycles. The van der Waals surface area contributed by atoms with Crippen molar-refractivity contribution in [3.63, 3.8) is 0 Å². The van der Waals surface area contributed by atoms with Crippen molar-refractivity contribution in [2.45, 2.75) is 33.2 Å². The first-order valence-electron chi connectivity index (χ1n) is 5.07. The minimum atomic E-state index is -0.366. The Morgan fingerprint density at radius 2 is 2.13 bits per heavy atom. The molecular weight excluding hydrogens is 196 g/mol. The molecule has 0 aliphatic carbocycles. The summed E-state index contributed by atoms with van der Waals surface area (Å²) in [7, 11) is 0. The second-order valence-corrected chi connectivity index (χ2v) is 3.29. The van der Waals surface area contributed by atoms with Crippen LogP contribution in [-0.2, 0) is 9.53 Å². The number of hydrogen-bond acceptors (Lipinski definition) is 3. The maximum Gasteiger partial charge on any atom is 0.337 e. The molecule has 84 valence electrons. The first-order chi connectivity index (χ1) is 7.10. The van der Waals surface area contributed by atoms with Crippen molar-refractivity contribution < 1.29 is 14.3 Å². The lowest BCUT2D eigenvalue weighted by Crippen LogP contribution is -2.49. The van der Waals surface area contributed by atoms with E-state index < -0.39 is 0 Å².